The van der Waals surface area contributed by atoms with Crippen LogP contribution < -0.4 is 0 Å². The highest BCUT2D eigenvalue weighted by Gasteiger charge is 2.27. The molecule has 0 aliphatic rings. The average molecular weight is 450 g/mol. The van der Waals surface area contributed by atoms with E-state index in [4.69, 9.17) is 4.98 Å². The number of thiophene rings is 1. The van der Waals surface area contributed by atoms with Crippen LogP contribution >= 0.6 is 11.3 Å². The van der Waals surface area contributed by atoms with Crippen LogP contribution in [0.3, 0.4) is 0 Å². The predicted molar refractivity (Wildman–Crippen MR) is 129 cm³/mol. The summed E-state index contributed by atoms with van der Waals surface area (Å²) < 4.78 is 40.5. The van der Waals surface area contributed by atoms with Crippen LogP contribution in [0.2, 0.25) is 0 Å². The van der Waals surface area contributed by atoms with E-state index in [0.717, 1.165) is 37.0 Å². The van der Waals surface area contributed by atoms with E-state index in [2.05, 4.69) is 44.2 Å². The summed E-state index contributed by atoms with van der Waals surface area (Å²) in [6, 6.07) is 20.4. The van der Waals surface area contributed by atoms with Crippen molar-refractivity contribution in [1.82, 2.24) is 4.98 Å². The van der Waals surface area contributed by atoms with Gasteiger partial charge < -0.3 is 0 Å². The van der Waals surface area contributed by atoms with Gasteiger partial charge in [0, 0.05) is 33.7 Å². The Balaban J connectivity index is 1.72. The maximum atomic E-state index is 12.9. The minimum atomic E-state index is -4.16. The van der Waals surface area contributed by atoms with Gasteiger partial charge in [0.05, 0.1) is 10.4 Å². The molecule has 0 aliphatic heterocycles. The summed E-state index contributed by atoms with van der Waals surface area (Å²) in [7, 11) is 0. The van der Waals surface area contributed by atoms with Crippen LogP contribution in [0.4, 0.5) is 13.2 Å². The Hall–Kier alpha value is -2.92. The summed E-state index contributed by atoms with van der Waals surface area (Å²) >= 11 is 1.55. The summed E-state index contributed by atoms with van der Waals surface area (Å²) in [5.41, 5.74) is 3.94. The molecule has 0 unspecified atom stereocenters. The second-order valence-electron chi connectivity index (χ2n) is 8.49. The van der Waals surface area contributed by atoms with Gasteiger partial charge in [-0.1, -0.05) is 56.3 Å². The van der Waals surface area contributed by atoms with E-state index in [1.165, 1.54) is 16.3 Å². The van der Waals surface area contributed by atoms with Crippen LogP contribution in [-0.2, 0) is 6.42 Å². The molecule has 32 heavy (non-hydrogen) atoms. The lowest BCUT2D eigenvalue weighted by Crippen LogP contribution is -2.08. The van der Waals surface area contributed by atoms with Crippen LogP contribution in [0, 0.1) is 0 Å². The lowest BCUT2D eigenvalue weighted by Gasteiger charge is -2.13. The van der Waals surface area contributed by atoms with Crippen LogP contribution in [0.5, 0.6) is 0 Å². The van der Waals surface area contributed by atoms with Gasteiger partial charge in [-0.3, -0.25) is 4.98 Å². The Morgan fingerprint density at radius 1 is 0.875 bits per heavy atom. The Morgan fingerprint density at radius 3 is 2.41 bits per heavy atom. The zero-order valence-corrected chi connectivity index (χ0v) is 18.6. The fraction of sp³-hybridized carbons (Fsp3) is 0.222. The van der Waals surface area contributed by atoms with E-state index in [-0.39, 0.29) is 6.42 Å². The van der Waals surface area contributed by atoms with Crippen LogP contribution in [-0.4, -0.2) is 11.2 Å². The van der Waals surface area contributed by atoms with E-state index >= 15 is 0 Å². The van der Waals surface area contributed by atoms with Gasteiger partial charge in [-0.15, -0.1) is 11.3 Å². The van der Waals surface area contributed by atoms with Crippen molar-refractivity contribution < 1.29 is 13.2 Å². The van der Waals surface area contributed by atoms with Crippen molar-refractivity contribution in [2.75, 3.05) is 0 Å². The van der Waals surface area contributed by atoms with E-state index in [9.17, 15) is 13.2 Å². The number of aryl methyl sites for hydroxylation is 1. The van der Waals surface area contributed by atoms with E-state index in [1.807, 2.05) is 30.3 Å². The van der Waals surface area contributed by atoms with Crippen molar-refractivity contribution in [2.45, 2.75) is 38.8 Å². The number of hydrogen-bond acceptors (Lipinski definition) is 2. The number of alkyl halides is 3. The number of pyridine rings is 1. The van der Waals surface area contributed by atoms with Crippen LogP contribution in [0.25, 0.3) is 42.2 Å². The standard InChI is InChI=1S/C27H22F3NS/c1-16(2)23-15-19(14-18-6-3-4-8-20(18)23)24-26-22(11-13-31-24)21-9-5-7-17(25(21)32-26)10-12-27(28,29)30/h3-9,11,13-16H,10,12H2,1-2H3. The average Bonchev–Trinajstić information content (AvgIpc) is 3.15. The second kappa shape index (κ2) is 7.89. The summed E-state index contributed by atoms with van der Waals surface area (Å²) in [5.74, 6) is 0.357. The van der Waals surface area contributed by atoms with Gasteiger partial charge >= 0.3 is 6.18 Å². The molecule has 0 saturated heterocycles. The lowest BCUT2D eigenvalue weighted by atomic mass is 9.92. The molecule has 0 aliphatic carbocycles. The fourth-order valence-electron chi connectivity index (χ4n) is 4.42. The molecule has 5 heteroatoms. The van der Waals surface area contributed by atoms with Crippen molar-refractivity contribution in [2.24, 2.45) is 0 Å². The van der Waals surface area contributed by atoms with Crippen molar-refractivity contribution >= 4 is 42.3 Å². The van der Waals surface area contributed by atoms with Gasteiger partial charge in [0.15, 0.2) is 0 Å². The molecule has 0 fully saturated rings. The van der Waals surface area contributed by atoms with Gasteiger partial charge in [0.2, 0.25) is 0 Å². The van der Waals surface area contributed by atoms with Crippen molar-refractivity contribution in [3.05, 3.63) is 78.0 Å². The number of aromatic nitrogens is 1. The third-order valence-electron chi connectivity index (χ3n) is 5.96. The molecule has 0 radical (unpaired) electrons. The normalized spacial score (nSPS) is 12.4. The third-order valence-corrected chi connectivity index (χ3v) is 7.27. The Kier molecular flexibility index (Phi) is 5.17. The molecule has 2 heterocycles. The lowest BCUT2D eigenvalue weighted by molar-refractivity contribution is -0.133. The molecule has 0 amide bonds. The third kappa shape index (κ3) is 3.75. The van der Waals surface area contributed by atoms with Crippen LogP contribution in [0.15, 0.2) is 66.9 Å². The van der Waals surface area contributed by atoms with Crippen molar-refractivity contribution in [1.29, 1.82) is 0 Å². The molecule has 0 saturated carbocycles. The summed E-state index contributed by atoms with van der Waals surface area (Å²) in [6.45, 7) is 4.37. The second-order valence-corrected chi connectivity index (χ2v) is 9.51. The summed E-state index contributed by atoms with van der Waals surface area (Å²) in [4.78, 5) is 4.72. The molecule has 0 N–H and O–H groups in total. The Labute approximate surface area is 188 Å². The molecule has 2 aromatic heterocycles. The van der Waals surface area contributed by atoms with Gasteiger partial charge in [0.25, 0.3) is 0 Å². The first-order valence-corrected chi connectivity index (χ1v) is 11.5. The summed E-state index contributed by atoms with van der Waals surface area (Å²) in [5, 5.41) is 4.45. The monoisotopic (exact) mass is 449 g/mol. The number of nitrogens with zero attached hydrogens (tertiary/aromatic N) is 1. The van der Waals surface area contributed by atoms with Crippen LogP contribution in [0.1, 0.15) is 37.3 Å². The number of rotatable bonds is 4. The first-order valence-electron chi connectivity index (χ1n) is 10.7. The maximum absolute atomic E-state index is 12.9. The van der Waals surface area contributed by atoms with Gasteiger partial charge in [0.1, 0.15) is 0 Å². The van der Waals surface area contributed by atoms with Crippen molar-refractivity contribution in [3.8, 4) is 11.3 Å². The molecule has 0 spiro atoms. The molecule has 3 aromatic carbocycles. The van der Waals surface area contributed by atoms with Crippen molar-refractivity contribution in [3.63, 3.8) is 0 Å². The minimum Gasteiger partial charge on any atom is -0.255 e. The predicted octanol–water partition coefficient (Wildman–Crippen LogP) is 8.89. The smallest absolute Gasteiger partial charge is 0.255 e. The van der Waals surface area contributed by atoms with E-state index < -0.39 is 12.6 Å². The Morgan fingerprint density at radius 2 is 1.62 bits per heavy atom. The molecule has 5 aromatic rings. The number of halogens is 3. The molecular weight excluding hydrogens is 427 g/mol. The van der Waals surface area contributed by atoms with E-state index in [0.29, 0.717) is 5.92 Å². The molecule has 0 atom stereocenters. The molecule has 1 nitrogen and oxygen atoms in total. The molecule has 162 valence electrons. The SMILES string of the molecule is CC(C)c1cc(-c2nccc3c2sc2c(CCC(F)(F)F)cccc23)cc2ccccc12. The first kappa shape index (κ1) is 21.0. The largest absolute Gasteiger partial charge is 0.389 e. The fourth-order valence-corrected chi connectivity index (χ4v) is 5.77. The highest BCUT2D eigenvalue weighted by atomic mass is 32.1. The van der Waals surface area contributed by atoms with E-state index in [1.54, 1.807) is 17.5 Å². The molecule has 5 rings (SSSR count). The maximum Gasteiger partial charge on any atom is 0.389 e. The quantitative estimate of drug-likeness (QED) is 0.267. The van der Waals surface area contributed by atoms with Gasteiger partial charge in [-0.25, -0.2) is 0 Å². The highest BCUT2D eigenvalue weighted by molar-refractivity contribution is 7.26. The van der Waals surface area contributed by atoms with Gasteiger partial charge in [-0.05, 0) is 52.4 Å². The first-order chi connectivity index (χ1) is 15.3. The zero-order chi connectivity index (χ0) is 22.5. The number of hydrogen-bond donors (Lipinski definition) is 0. The summed E-state index contributed by atoms with van der Waals surface area (Å²) in [6.07, 6.45) is -3.18. The highest BCUT2D eigenvalue weighted by Crippen LogP contribution is 2.42. The topological polar surface area (TPSA) is 12.9 Å². The zero-order valence-electron chi connectivity index (χ0n) is 17.8. The number of benzene rings is 3. The molecule has 0 bridgehead atoms. The number of fused-ring (bicyclic) bond motifs is 4. The molecular formula is C27H22F3NS. The van der Waals surface area contributed by atoms with Gasteiger partial charge in [-0.2, -0.15) is 13.2 Å². The Bertz CT molecular complexity index is 1450. The minimum absolute atomic E-state index is 0.0100.